The lowest BCUT2D eigenvalue weighted by Gasteiger charge is -2.20. The summed E-state index contributed by atoms with van der Waals surface area (Å²) in [4.78, 5) is 23.9. The molecule has 0 radical (unpaired) electrons. The van der Waals surface area contributed by atoms with Crippen molar-refractivity contribution in [3.8, 4) is 0 Å². The van der Waals surface area contributed by atoms with Crippen LogP contribution in [0.25, 0.3) is 0 Å². The maximum atomic E-state index is 12.0. The molecule has 1 aliphatic carbocycles. The zero-order chi connectivity index (χ0) is 17.6. The summed E-state index contributed by atoms with van der Waals surface area (Å²) in [7, 11) is -1.66. The van der Waals surface area contributed by atoms with Crippen LogP contribution in [0.2, 0.25) is 0 Å². The minimum absolute atomic E-state index is 0.176. The van der Waals surface area contributed by atoms with Crippen LogP contribution >= 0.6 is 23.2 Å². The predicted octanol–water partition coefficient (Wildman–Crippen LogP) is 1.05. The molecule has 0 unspecified atom stereocenters. The van der Waals surface area contributed by atoms with E-state index in [1.807, 2.05) is 13.8 Å². The molecule has 6 nitrogen and oxygen atoms in total. The zero-order valence-corrected chi connectivity index (χ0v) is 14.6. The molecule has 0 saturated carbocycles. The first-order chi connectivity index (χ1) is 10.7. The van der Waals surface area contributed by atoms with Crippen molar-refractivity contribution in [3.63, 3.8) is 0 Å². The second kappa shape index (κ2) is 9.32. The van der Waals surface area contributed by atoms with E-state index in [0.717, 1.165) is 0 Å². The normalized spacial score (nSPS) is 16.0. The highest BCUT2D eigenvalue weighted by Gasteiger charge is 2.26. The topological polar surface area (TPSA) is 98.7 Å². The maximum Gasteiger partial charge on any atom is 0.475 e. The Morgan fingerprint density at radius 3 is 2.52 bits per heavy atom. The third-order valence-corrected chi connectivity index (χ3v) is 3.95. The van der Waals surface area contributed by atoms with Crippen LogP contribution in [0.5, 0.6) is 0 Å². The third-order valence-electron chi connectivity index (χ3n) is 3.26. The van der Waals surface area contributed by atoms with Crippen molar-refractivity contribution in [2.24, 2.45) is 5.92 Å². The maximum absolute atomic E-state index is 12.0. The number of rotatable bonds is 7. The van der Waals surface area contributed by atoms with E-state index < -0.39 is 24.9 Å². The van der Waals surface area contributed by atoms with Gasteiger partial charge in [0.1, 0.15) is 0 Å². The van der Waals surface area contributed by atoms with E-state index in [1.165, 1.54) is 6.08 Å². The average molecular weight is 363 g/mol. The van der Waals surface area contributed by atoms with Gasteiger partial charge in [-0.15, -0.1) is 0 Å². The fourth-order valence-corrected chi connectivity index (χ4v) is 2.57. The number of carbonyl (C=O) groups excluding carboxylic acids is 2. The molecule has 0 saturated heterocycles. The van der Waals surface area contributed by atoms with E-state index in [-0.39, 0.29) is 18.0 Å². The highest BCUT2D eigenvalue weighted by atomic mass is 35.5. The molecule has 0 aromatic rings. The molecule has 1 rings (SSSR count). The van der Waals surface area contributed by atoms with Gasteiger partial charge >= 0.3 is 7.12 Å². The van der Waals surface area contributed by atoms with E-state index in [2.05, 4.69) is 10.6 Å². The second-order valence-corrected chi connectivity index (χ2v) is 6.75. The lowest BCUT2D eigenvalue weighted by atomic mass is 9.75. The van der Waals surface area contributed by atoms with Crippen LogP contribution in [0.4, 0.5) is 0 Å². The Labute approximate surface area is 146 Å². The molecule has 0 fully saturated rings. The van der Waals surface area contributed by atoms with Crippen molar-refractivity contribution in [2.75, 3.05) is 6.54 Å². The molecule has 0 aromatic carbocycles. The predicted molar refractivity (Wildman–Crippen MR) is 90.6 cm³/mol. The Balaban J connectivity index is 2.54. The average Bonchev–Trinajstić information content (AvgIpc) is 2.46. The van der Waals surface area contributed by atoms with Crippen molar-refractivity contribution in [1.82, 2.24) is 10.6 Å². The number of allylic oxidation sites excluding steroid dienone is 2. The summed E-state index contributed by atoms with van der Waals surface area (Å²) in [6, 6.07) is 0. The Bertz CT molecular complexity index is 521. The van der Waals surface area contributed by atoms with Crippen molar-refractivity contribution in [2.45, 2.75) is 39.1 Å². The van der Waals surface area contributed by atoms with Crippen LogP contribution in [0.3, 0.4) is 0 Å². The number of hydrogen-bond donors (Lipinski definition) is 4. The molecule has 128 valence electrons. The quantitative estimate of drug-likeness (QED) is 0.509. The molecule has 0 heterocycles. The van der Waals surface area contributed by atoms with E-state index in [9.17, 15) is 19.6 Å². The lowest BCUT2D eigenvalue weighted by molar-refractivity contribution is -0.124. The molecule has 0 spiro atoms. The smallest absolute Gasteiger partial charge is 0.426 e. The summed E-state index contributed by atoms with van der Waals surface area (Å²) in [6.45, 7) is 3.51. The SMILES string of the molecule is CC(C)C[C@H](NC(=O)CNC(=O)C1=C(Cl)CCC(Cl)=C1)B(O)O. The summed E-state index contributed by atoms with van der Waals surface area (Å²) in [5.41, 5.74) is 0.247. The standard InChI is InChI=1S/C14H21BCl2N2O4/c1-8(2)5-12(15(22)23)19-13(20)7-18-14(21)10-6-9(16)3-4-11(10)17/h6,8,12,22-23H,3-5,7H2,1-2H3,(H,18,21)(H,19,20)/t12-/m0/s1. The number of amides is 2. The molecule has 0 aromatic heterocycles. The van der Waals surface area contributed by atoms with Gasteiger partial charge in [-0.3, -0.25) is 9.59 Å². The Hall–Kier alpha value is -1.02. The van der Waals surface area contributed by atoms with E-state index in [4.69, 9.17) is 23.2 Å². The number of nitrogens with one attached hydrogen (secondary N) is 2. The molecular formula is C14H21BCl2N2O4. The monoisotopic (exact) mass is 362 g/mol. The fourth-order valence-electron chi connectivity index (χ4n) is 2.14. The van der Waals surface area contributed by atoms with Crippen LogP contribution < -0.4 is 10.6 Å². The van der Waals surface area contributed by atoms with Crippen LogP contribution in [0.1, 0.15) is 33.1 Å². The van der Waals surface area contributed by atoms with Crippen molar-refractivity contribution >= 4 is 42.1 Å². The minimum atomic E-state index is -1.66. The third kappa shape index (κ3) is 6.95. The molecular weight excluding hydrogens is 342 g/mol. The first-order valence-electron chi connectivity index (χ1n) is 7.39. The van der Waals surface area contributed by atoms with Gasteiger partial charge < -0.3 is 20.7 Å². The summed E-state index contributed by atoms with van der Waals surface area (Å²) in [5.74, 6) is -1.62. The van der Waals surface area contributed by atoms with E-state index in [0.29, 0.717) is 29.3 Å². The van der Waals surface area contributed by atoms with Crippen molar-refractivity contribution in [1.29, 1.82) is 0 Å². The van der Waals surface area contributed by atoms with Crippen molar-refractivity contribution < 1.29 is 19.6 Å². The Morgan fingerprint density at radius 2 is 1.96 bits per heavy atom. The van der Waals surface area contributed by atoms with Gasteiger partial charge in [0.2, 0.25) is 5.91 Å². The van der Waals surface area contributed by atoms with Gasteiger partial charge in [0.05, 0.1) is 18.1 Å². The minimum Gasteiger partial charge on any atom is -0.426 e. The van der Waals surface area contributed by atoms with E-state index >= 15 is 0 Å². The molecule has 0 aliphatic heterocycles. The van der Waals surface area contributed by atoms with Crippen LogP contribution in [0.15, 0.2) is 21.7 Å². The van der Waals surface area contributed by atoms with Crippen LogP contribution in [-0.2, 0) is 9.59 Å². The zero-order valence-electron chi connectivity index (χ0n) is 13.1. The highest BCUT2D eigenvalue weighted by molar-refractivity contribution is 6.43. The first kappa shape index (κ1) is 20.0. The van der Waals surface area contributed by atoms with Crippen LogP contribution in [-0.4, -0.2) is 41.5 Å². The van der Waals surface area contributed by atoms with Crippen molar-refractivity contribution in [3.05, 3.63) is 21.7 Å². The summed E-state index contributed by atoms with van der Waals surface area (Å²) >= 11 is 11.9. The highest BCUT2D eigenvalue weighted by Crippen LogP contribution is 2.28. The Kier molecular flexibility index (Phi) is 8.12. The fraction of sp³-hybridized carbons (Fsp3) is 0.571. The van der Waals surface area contributed by atoms with Crippen LogP contribution in [0, 0.1) is 5.92 Å². The molecule has 1 aliphatic rings. The van der Waals surface area contributed by atoms with Gasteiger partial charge in [-0.1, -0.05) is 37.0 Å². The molecule has 0 bridgehead atoms. The molecule has 4 N–H and O–H groups in total. The number of halogens is 2. The number of carbonyl (C=O) groups is 2. The summed E-state index contributed by atoms with van der Waals surface area (Å²) < 4.78 is 0. The Morgan fingerprint density at radius 1 is 1.30 bits per heavy atom. The van der Waals surface area contributed by atoms with Gasteiger partial charge in [0.15, 0.2) is 0 Å². The van der Waals surface area contributed by atoms with Gasteiger partial charge in [-0.05, 0) is 31.3 Å². The molecule has 23 heavy (non-hydrogen) atoms. The van der Waals surface area contributed by atoms with E-state index in [1.54, 1.807) is 0 Å². The number of hydrogen-bond acceptors (Lipinski definition) is 4. The van der Waals surface area contributed by atoms with Gasteiger partial charge in [0.25, 0.3) is 5.91 Å². The summed E-state index contributed by atoms with van der Waals surface area (Å²) in [6.07, 6.45) is 2.97. The molecule has 2 amide bonds. The van der Waals surface area contributed by atoms with Gasteiger partial charge in [-0.2, -0.15) is 0 Å². The first-order valence-corrected chi connectivity index (χ1v) is 8.14. The summed E-state index contributed by atoms with van der Waals surface area (Å²) in [5, 5.41) is 24.4. The molecule has 1 atom stereocenters. The second-order valence-electron chi connectivity index (χ2n) is 5.81. The van der Waals surface area contributed by atoms with Gasteiger partial charge in [-0.25, -0.2) is 0 Å². The lowest BCUT2D eigenvalue weighted by Crippen LogP contribution is -2.50. The largest absolute Gasteiger partial charge is 0.475 e. The van der Waals surface area contributed by atoms with Gasteiger partial charge in [0, 0.05) is 10.1 Å². The molecule has 9 heteroatoms.